The number of primary amides is 1. The Bertz CT molecular complexity index is 1120. The van der Waals surface area contributed by atoms with Crippen molar-refractivity contribution in [3.8, 4) is 11.5 Å². The molecule has 4 aromatic rings. The third-order valence-corrected chi connectivity index (χ3v) is 10.5. The summed E-state index contributed by atoms with van der Waals surface area (Å²) in [4.78, 5) is 13.4. The van der Waals surface area contributed by atoms with Crippen LogP contribution in [0.1, 0.15) is 11.2 Å². The van der Waals surface area contributed by atoms with Crippen LogP contribution < -0.4 is 43.5 Å². The predicted octanol–water partition coefficient (Wildman–Crippen LogP) is 1.23. The summed E-state index contributed by atoms with van der Waals surface area (Å²) in [6.45, 7) is 0. The SMILES string of the molecule is COc1ccc(C(C(N)=O)[P+](c2ccccc2)(c2ccccc2)c2ccccc2)cc1OC.[Cl-]. The van der Waals surface area contributed by atoms with E-state index >= 15 is 0 Å². The molecule has 0 heterocycles. The van der Waals surface area contributed by atoms with Crippen LogP contribution in [-0.4, -0.2) is 20.1 Å². The van der Waals surface area contributed by atoms with Crippen molar-refractivity contribution in [3.05, 3.63) is 115 Å². The maximum atomic E-state index is 13.4. The number of ether oxygens (including phenoxy) is 2. The Kier molecular flexibility index (Phi) is 8.33. The first-order valence-electron chi connectivity index (χ1n) is 10.7. The zero-order chi connectivity index (χ0) is 23.3. The molecule has 1 unspecified atom stereocenters. The van der Waals surface area contributed by atoms with Crippen molar-refractivity contribution in [1.29, 1.82) is 0 Å². The lowest BCUT2D eigenvalue weighted by molar-refractivity contribution is -0.117. The van der Waals surface area contributed by atoms with E-state index in [1.807, 2.05) is 72.8 Å². The average Bonchev–Trinajstić information content (AvgIpc) is 2.88. The van der Waals surface area contributed by atoms with Crippen LogP contribution in [0.2, 0.25) is 0 Å². The number of hydrogen-bond acceptors (Lipinski definition) is 3. The molecule has 0 aliphatic rings. The Balaban J connectivity index is 0.00000324. The van der Waals surface area contributed by atoms with E-state index < -0.39 is 12.9 Å². The van der Waals surface area contributed by atoms with Gasteiger partial charge in [-0.05, 0) is 48.5 Å². The molecular weight excluding hydrogens is 465 g/mol. The first-order chi connectivity index (χ1) is 16.1. The van der Waals surface area contributed by atoms with E-state index in [2.05, 4.69) is 36.4 Å². The molecule has 1 amide bonds. The molecule has 0 fully saturated rings. The number of rotatable bonds is 8. The van der Waals surface area contributed by atoms with Gasteiger partial charge in [-0.15, -0.1) is 0 Å². The Morgan fingerprint density at radius 1 is 0.676 bits per heavy atom. The monoisotopic (exact) mass is 491 g/mol. The second-order valence-electron chi connectivity index (χ2n) is 7.65. The average molecular weight is 492 g/mol. The summed E-state index contributed by atoms with van der Waals surface area (Å²) in [5.74, 6) is 0.785. The predicted molar refractivity (Wildman–Crippen MR) is 137 cm³/mol. The van der Waals surface area contributed by atoms with Crippen LogP contribution in [0.15, 0.2) is 109 Å². The van der Waals surface area contributed by atoms with E-state index in [-0.39, 0.29) is 18.3 Å². The van der Waals surface area contributed by atoms with Gasteiger partial charge in [0.1, 0.15) is 23.2 Å². The summed E-state index contributed by atoms with van der Waals surface area (Å²) in [7, 11) is 0.621. The fourth-order valence-electron chi connectivity index (χ4n) is 4.49. The van der Waals surface area contributed by atoms with Gasteiger partial charge in [0.05, 0.1) is 14.2 Å². The first kappa shape index (κ1) is 25.3. The van der Waals surface area contributed by atoms with E-state index in [9.17, 15) is 4.79 Å². The molecule has 4 nitrogen and oxygen atoms in total. The molecule has 0 spiro atoms. The van der Waals surface area contributed by atoms with Gasteiger partial charge in [0, 0.05) is 5.56 Å². The van der Waals surface area contributed by atoms with Gasteiger partial charge in [0.15, 0.2) is 17.2 Å². The summed E-state index contributed by atoms with van der Waals surface area (Å²) < 4.78 is 11.0. The second kappa shape index (κ2) is 11.2. The summed E-state index contributed by atoms with van der Waals surface area (Å²) in [5, 5.41) is 3.25. The Morgan fingerprint density at radius 2 is 1.09 bits per heavy atom. The van der Waals surface area contributed by atoms with Crippen molar-refractivity contribution in [2.45, 2.75) is 5.66 Å². The van der Waals surface area contributed by atoms with Gasteiger partial charge >= 0.3 is 0 Å². The number of hydrogen-bond donors (Lipinski definition) is 1. The minimum Gasteiger partial charge on any atom is -1.00 e. The molecule has 6 heteroatoms. The maximum absolute atomic E-state index is 13.4. The molecule has 0 aliphatic carbocycles. The topological polar surface area (TPSA) is 61.5 Å². The zero-order valence-electron chi connectivity index (χ0n) is 19.1. The highest BCUT2D eigenvalue weighted by molar-refractivity contribution is 7.96. The molecule has 4 aromatic carbocycles. The highest BCUT2D eigenvalue weighted by atomic mass is 35.5. The van der Waals surface area contributed by atoms with E-state index in [1.165, 1.54) is 0 Å². The highest BCUT2D eigenvalue weighted by Gasteiger charge is 2.56. The number of carbonyl (C=O) groups excluding carboxylic acids is 1. The van der Waals surface area contributed by atoms with Gasteiger partial charge in [-0.3, -0.25) is 4.79 Å². The van der Waals surface area contributed by atoms with Crippen molar-refractivity contribution >= 4 is 29.1 Å². The Labute approximate surface area is 207 Å². The smallest absolute Gasteiger partial charge is 0.264 e. The van der Waals surface area contributed by atoms with Crippen molar-refractivity contribution < 1.29 is 26.7 Å². The summed E-state index contributed by atoms with van der Waals surface area (Å²) in [5.41, 5.74) is 6.44. The van der Waals surface area contributed by atoms with Crippen LogP contribution in [0.25, 0.3) is 0 Å². The lowest BCUT2D eigenvalue weighted by Gasteiger charge is -2.33. The van der Waals surface area contributed by atoms with Crippen molar-refractivity contribution in [2.24, 2.45) is 5.73 Å². The van der Waals surface area contributed by atoms with Gasteiger partial charge in [0.25, 0.3) is 5.91 Å². The number of amides is 1. The quantitative estimate of drug-likeness (QED) is 0.377. The third kappa shape index (κ3) is 4.52. The minimum atomic E-state index is -2.57. The van der Waals surface area contributed by atoms with Crippen LogP contribution in [0.3, 0.4) is 0 Å². The normalized spacial score (nSPS) is 11.7. The maximum Gasteiger partial charge on any atom is 0.264 e. The summed E-state index contributed by atoms with van der Waals surface area (Å²) in [6.07, 6.45) is 0. The van der Waals surface area contributed by atoms with Gasteiger partial charge in [0.2, 0.25) is 0 Å². The van der Waals surface area contributed by atoms with Crippen LogP contribution in [0.4, 0.5) is 0 Å². The molecule has 0 aromatic heterocycles. The zero-order valence-corrected chi connectivity index (χ0v) is 20.7. The number of benzene rings is 4. The van der Waals surface area contributed by atoms with Crippen LogP contribution in [-0.2, 0) is 4.79 Å². The summed E-state index contributed by atoms with van der Waals surface area (Å²) in [6, 6.07) is 36.3. The van der Waals surface area contributed by atoms with Crippen molar-refractivity contribution in [1.82, 2.24) is 0 Å². The fourth-order valence-corrected chi connectivity index (χ4v) is 9.19. The molecule has 0 bridgehead atoms. The molecule has 0 radical (unpaired) electrons. The van der Waals surface area contributed by atoms with Crippen LogP contribution in [0.5, 0.6) is 11.5 Å². The van der Waals surface area contributed by atoms with Gasteiger partial charge in [-0.1, -0.05) is 60.7 Å². The van der Waals surface area contributed by atoms with E-state index in [4.69, 9.17) is 15.2 Å². The molecule has 2 N–H and O–H groups in total. The minimum absolute atomic E-state index is 0. The van der Waals surface area contributed by atoms with Crippen molar-refractivity contribution in [3.63, 3.8) is 0 Å². The molecule has 1 atom stereocenters. The lowest BCUT2D eigenvalue weighted by atomic mass is 10.1. The lowest BCUT2D eigenvalue weighted by Crippen LogP contribution is -3.00. The molecule has 34 heavy (non-hydrogen) atoms. The van der Waals surface area contributed by atoms with E-state index in [0.717, 1.165) is 21.5 Å². The third-order valence-electron chi connectivity index (χ3n) is 5.87. The van der Waals surface area contributed by atoms with E-state index in [1.54, 1.807) is 14.2 Å². The van der Waals surface area contributed by atoms with E-state index in [0.29, 0.717) is 11.5 Å². The van der Waals surface area contributed by atoms with Gasteiger partial charge in [-0.2, -0.15) is 0 Å². The number of carbonyl (C=O) groups is 1. The first-order valence-corrected chi connectivity index (χ1v) is 12.6. The van der Waals surface area contributed by atoms with Crippen LogP contribution >= 0.6 is 7.26 Å². The van der Waals surface area contributed by atoms with Gasteiger partial charge in [-0.25, -0.2) is 0 Å². The molecule has 4 rings (SSSR count). The fraction of sp³-hybridized carbons (Fsp3) is 0.107. The summed E-state index contributed by atoms with van der Waals surface area (Å²) >= 11 is 0. The molecule has 0 aliphatic heterocycles. The number of methoxy groups -OCH3 is 2. The van der Waals surface area contributed by atoms with Crippen molar-refractivity contribution in [2.75, 3.05) is 14.2 Å². The Hall–Kier alpha value is -3.33. The largest absolute Gasteiger partial charge is 1.00 e. The number of nitrogens with two attached hydrogens (primary N) is 1. The second-order valence-corrected chi connectivity index (χ2v) is 11.2. The Morgan fingerprint density at radius 3 is 1.44 bits per heavy atom. The van der Waals surface area contributed by atoms with Crippen LogP contribution in [0, 0.1) is 0 Å². The highest BCUT2D eigenvalue weighted by Crippen LogP contribution is 2.66. The number of halogens is 1. The molecule has 0 saturated carbocycles. The standard InChI is InChI=1S/C28H26NO3P.ClH/c1-31-25-19-18-21(20-26(25)32-2)27(28(29)30)33(22-12-6-3-7-13-22,23-14-8-4-9-15-23)24-16-10-5-11-17-24;/h3-20,27H,1-2H3,(H-,29,30);1H. The molecule has 174 valence electrons. The molecule has 0 saturated heterocycles. The molecular formula is C28H27ClNO3P. The van der Waals surface area contributed by atoms with Gasteiger partial charge < -0.3 is 27.6 Å².